The molecule has 0 spiro atoms. The molecule has 0 bridgehead atoms. The molecule has 0 saturated carbocycles. The van der Waals surface area contributed by atoms with E-state index in [9.17, 15) is 4.79 Å². The Morgan fingerprint density at radius 2 is 1.60 bits per heavy atom. The minimum absolute atomic E-state index is 0.0640. The van der Waals surface area contributed by atoms with Crippen molar-refractivity contribution in [2.45, 2.75) is 26.7 Å². The number of hydrogen-bond acceptors (Lipinski definition) is 6. The summed E-state index contributed by atoms with van der Waals surface area (Å²) in [6.07, 6.45) is 4.99. The number of rotatable bonds is 5. The molecule has 2 saturated heterocycles. The Labute approximate surface area is 207 Å². The van der Waals surface area contributed by atoms with Gasteiger partial charge in [-0.3, -0.25) is 4.79 Å². The Bertz CT molecular complexity index is 1170. The molecule has 0 unspecified atom stereocenters. The summed E-state index contributed by atoms with van der Waals surface area (Å²) in [7, 11) is 0. The fraction of sp³-hybridized carbons (Fsp3) is 0.393. The first-order valence-corrected chi connectivity index (χ1v) is 12.5. The minimum atomic E-state index is 0.0640. The molecule has 7 nitrogen and oxygen atoms in total. The van der Waals surface area contributed by atoms with Crippen molar-refractivity contribution in [1.82, 2.24) is 14.9 Å². The number of hydrogen-bond donors (Lipinski definition) is 0. The molecule has 3 heterocycles. The van der Waals surface area contributed by atoms with Crippen LogP contribution in [0.2, 0.25) is 0 Å². The Hall–Kier alpha value is -3.61. The lowest BCUT2D eigenvalue weighted by atomic mass is 9.95. The molecule has 3 aromatic rings. The van der Waals surface area contributed by atoms with Crippen LogP contribution < -0.4 is 14.5 Å². The summed E-state index contributed by atoms with van der Waals surface area (Å²) >= 11 is 0. The van der Waals surface area contributed by atoms with E-state index in [4.69, 9.17) is 4.74 Å². The van der Waals surface area contributed by atoms with Crippen molar-refractivity contribution in [1.29, 1.82) is 0 Å². The minimum Gasteiger partial charge on any atom is -0.436 e. The summed E-state index contributed by atoms with van der Waals surface area (Å²) in [5.74, 6) is 2.36. The van der Waals surface area contributed by atoms with Crippen molar-refractivity contribution in [2.75, 3.05) is 49.1 Å². The van der Waals surface area contributed by atoms with Crippen molar-refractivity contribution < 1.29 is 9.53 Å². The molecular weight excluding hydrogens is 438 g/mol. The van der Waals surface area contributed by atoms with Crippen LogP contribution in [-0.4, -0.2) is 60.0 Å². The van der Waals surface area contributed by atoms with E-state index in [2.05, 4.69) is 55.9 Å². The molecule has 182 valence electrons. The van der Waals surface area contributed by atoms with Crippen LogP contribution in [0.15, 0.2) is 60.9 Å². The number of nitrogens with zero attached hydrogens (tertiary/aromatic N) is 5. The van der Waals surface area contributed by atoms with Gasteiger partial charge in [-0.2, -0.15) is 0 Å². The van der Waals surface area contributed by atoms with Gasteiger partial charge in [0, 0.05) is 63.3 Å². The monoisotopic (exact) mass is 471 g/mol. The van der Waals surface area contributed by atoms with Crippen LogP contribution in [-0.2, 0) is 4.79 Å². The number of anilines is 2. The number of benzene rings is 2. The Morgan fingerprint density at radius 3 is 2.34 bits per heavy atom. The van der Waals surface area contributed by atoms with Crippen molar-refractivity contribution in [3.63, 3.8) is 0 Å². The maximum atomic E-state index is 13.3. The van der Waals surface area contributed by atoms with E-state index in [1.165, 1.54) is 11.3 Å². The van der Waals surface area contributed by atoms with E-state index in [1.54, 1.807) is 12.4 Å². The molecule has 0 N–H and O–H groups in total. The maximum Gasteiger partial charge on any atom is 0.263 e. The molecular formula is C28H33N5O2. The summed E-state index contributed by atoms with van der Waals surface area (Å²) in [5, 5.41) is 0. The number of para-hydroxylation sites is 1. The summed E-state index contributed by atoms with van der Waals surface area (Å²) in [4.78, 5) is 28.9. The lowest BCUT2D eigenvalue weighted by Gasteiger charge is -2.40. The normalized spacial score (nSPS) is 16.9. The molecule has 2 fully saturated rings. The van der Waals surface area contributed by atoms with Crippen LogP contribution >= 0.6 is 0 Å². The zero-order chi connectivity index (χ0) is 24.2. The van der Waals surface area contributed by atoms with Gasteiger partial charge in [-0.15, -0.1) is 0 Å². The van der Waals surface area contributed by atoms with Crippen molar-refractivity contribution in [3.8, 4) is 11.6 Å². The number of aromatic nitrogens is 2. The van der Waals surface area contributed by atoms with Crippen LogP contribution in [0.25, 0.3) is 0 Å². The number of ether oxygens (including phenoxy) is 1. The Kier molecular flexibility index (Phi) is 6.84. The number of carbonyl (C=O) groups excluding carboxylic acids is 1. The summed E-state index contributed by atoms with van der Waals surface area (Å²) < 4.78 is 6.07. The number of piperazine rings is 1. The highest BCUT2D eigenvalue weighted by Crippen LogP contribution is 2.32. The van der Waals surface area contributed by atoms with Crippen LogP contribution in [0.5, 0.6) is 11.6 Å². The summed E-state index contributed by atoms with van der Waals surface area (Å²) in [6.45, 7) is 9.05. The molecule has 0 aliphatic carbocycles. The van der Waals surface area contributed by atoms with Crippen LogP contribution in [0.3, 0.4) is 0 Å². The number of aryl methyl sites for hydroxylation is 2. The van der Waals surface area contributed by atoms with Crippen molar-refractivity contribution >= 4 is 17.4 Å². The highest BCUT2D eigenvalue weighted by molar-refractivity contribution is 5.79. The summed E-state index contributed by atoms with van der Waals surface area (Å²) in [6, 6.07) is 16.4. The van der Waals surface area contributed by atoms with Crippen molar-refractivity contribution in [2.24, 2.45) is 5.92 Å². The molecule has 2 aromatic carbocycles. The van der Waals surface area contributed by atoms with Crippen LogP contribution in [0.4, 0.5) is 11.5 Å². The molecule has 0 atom stereocenters. The lowest BCUT2D eigenvalue weighted by molar-refractivity contribution is -0.136. The van der Waals surface area contributed by atoms with E-state index in [1.807, 2.05) is 31.2 Å². The van der Waals surface area contributed by atoms with E-state index >= 15 is 0 Å². The van der Waals surface area contributed by atoms with Gasteiger partial charge in [0.25, 0.3) is 5.88 Å². The van der Waals surface area contributed by atoms with Gasteiger partial charge in [-0.05, 0) is 56.0 Å². The molecule has 1 amide bonds. The second-order valence-corrected chi connectivity index (χ2v) is 9.46. The highest BCUT2D eigenvalue weighted by Gasteiger charge is 2.32. The second-order valence-electron chi connectivity index (χ2n) is 9.46. The van der Waals surface area contributed by atoms with Crippen molar-refractivity contribution in [3.05, 3.63) is 72.1 Å². The Balaban J connectivity index is 1.17. The molecule has 35 heavy (non-hydrogen) atoms. The first kappa shape index (κ1) is 23.1. The highest BCUT2D eigenvalue weighted by atomic mass is 16.5. The van der Waals surface area contributed by atoms with Crippen LogP contribution in [0, 0.1) is 19.8 Å². The fourth-order valence-electron chi connectivity index (χ4n) is 5.08. The third-order valence-corrected chi connectivity index (χ3v) is 7.04. The predicted octanol–water partition coefficient (Wildman–Crippen LogP) is 4.45. The number of piperidine rings is 1. The van der Waals surface area contributed by atoms with Gasteiger partial charge in [-0.25, -0.2) is 9.97 Å². The molecule has 7 heteroatoms. The quantitative estimate of drug-likeness (QED) is 0.548. The number of amides is 1. The average molecular weight is 472 g/mol. The molecule has 1 aromatic heterocycles. The standard InChI is InChI=1S/C28H33N5O2/c1-21-6-5-8-24(20-21)35-27-26(29-12-13-30-27)32-14-10-23(11-15-32)28(34)33-18-16-31(17-19-33)25-9-4-3-7-22(25)2/h3-9,12-13,20,23H,10-11,14-19H2,1-2H3. The Morgan fingerprint density at radius 1 is 0.857 bits per heavy atom. The van der Waals surface area contributed by atoms with Gasteiger partial charge in [0.2, 0.25) is 5.91 Å². The van der Waals surface area contributed by atoms with Crippen LogP contribution in [0.1, 0.15) is 24.0 Å². The lowest BCUT2D eigenvalue weighted by Crippen LogP contribution is -2.52. The van der Waals surface area contributed by atoms with Gasteiger partial charge in [0.05, 0.1) is 0 Å². The number of carbonyl (C=O) groups is 1. The first-order chi connectivity index (χ1) is 17.1. The SMILES string of the molecule is Cc1cccc(Oc2nccnc2N2CCC(C(=O)N3CCN(c4ccccc4C)CC3)CC2)c1. The molecule has 0 radical (unpaired) electrons. The molecule has 2 aliphatic rings. The van der Waals surface area contributed by atoms with E-state index < -0.39 is 0 Å². The van der Waals surface area contributed by atoms with E-state index in [0.29, 0.717) is 11.8 Å². The fourth-order valence-corrected chi connectivity index (χ4v) is 5.08. The second kappa shape index (κ2) is 10.3. The smallest absolute Gasteiger partial charge is 0.263 e. The third-order valence-electron chi connectivity index (χ3n) is 7.04. The summed E-state index contributed by atoms with van der Waals surface area (Å²) in [5.41, 5.74) is 3.70. The first-order valence-electron chi connectivity index (χ1n) is 12.5. The average Bonchev–Trinajstić information content (AvgIpc) is 2.89. The van der Waals surface area contributed by atoms with Gasteiger partial charge in [-0.1, -0.05) is 30.3 Å². The third kappa shape index (κ3) is 5.24. The van der Waals surface area contributed by atoms with Gasteiger partial charge in [0.15, 0.2) is 5.82 Å². The molecule has 5 rings (SSSR count). The predicted molar refractivity (Wildman–Crippen MR) is 138 cm³/mol. The van der Waals surface area contributed by atoms with Gasteiger partial charge >= 0.3 is 0 Å². The molecule has 2 aliphatic heterocycles. The zero-order valence-corrected chi connectivity index (χ0v) is 20.6. The van der Waals surface area contributed by atoms with Gasteiger partial charge in [0.1, 0.15) is 5.75 Å². The van der Waals surface area contributed by atoms with Gasteiger partial charge < -0.3 is 19.4 Å². The maximum absolute atomic E-state index is 13.3. The zero-order valence-electron chi connectivity index (χ0n) is 20.6. The van der Waals surface area contributed by atoms with E-state index in [-0.39, 0.29) is 5.92 Å². The largest absolute Gasteiger partial charge is 0.436 e. The van der Waals surface area contributed by atoms with E-state index in [0.717, 1.165) is 69.2 Å². The topological polar surface area (TPSA) is 61.8 Å².